The van der Waals surface area contributed by atoms with Crippen molar-refractivity contribution in [3.05, 3.63) is 28.7 Å². The highest BCUT2D eigenvalue weighted by atomic mass is 32.1. The maximum Gasteiger partial charge on any atom is 0.241 e. The van der Waals surface area contributed by atoms with Crippen LogP contribution in [-0.2, 0) is 17.9 Å². The van der Waals surface area contributed by atoms with Crippen molar-refractivity contribution < 1.29 is 4.79 Å². The second-order valence-corrected chi connectivity index (χ2v) is 6.44. The van der Waals surface area contributed by atoms with Gasteiger partial charge in [-0.2, -0.15) is 11.3 Å². The lowest BCUT2D eigenvalue weighted by Crippen LogP contribution is -2.39. The van der Waals surface area contributed by atoms with Crippen LogP contribution in [0, 0.1) is 5.92 Å². The van der Waals surface area contributed by atoms with Gasteiger partial charge in [0.15, 0.2) is 0 Å². The average Bonchev–Trinajstić information content (AvgIpc) is 3.20. The summed E-state index contributed by atoms with van der Waals surface area (Å²) in [5.41, 5.74) is 1.40. The predicted molar refractivity (Wildman–Crippen MR) is 83.1 cm³/mol. The summed E-state index contributed by atoms with van der Waals surface area (Å²) < 4.78 is 1.43. The summed E-state index contributed by atoms with van der Waals surface area (Å²) in [7, 11) is 0. The van der Waals surface area contributed by atoms with Gasteiger partial charge in [-0.1, -0.05) is 0 Å². The van der Waals surface area contributed by atoms with E-state index in [0.29, 0.717) is 5.92 Å². The zero-order valence-electron chi connectivity index (χ0n) is 12.4. The first-order valence-electron chi connectivity index (χ1n) is 7.50. The van der Waals surface area contributed by atoms with Crippen LogP contribution in [0.1, 0.15) is 18.4 Å². The molecule has 0 atom stereocenters. The van der Waals surface area contributed by atoms with E-state index in [1.54, 1.807) is 11.3 Å². The van der Waals surface area contributed by atoms with Crippen LogP contribution in [-0.4, -0.2) is 50.6 Å². The van der Waals surface area contributed by atoms with Gasteiger partial charge in [-0.05, 0) is 64.7 Å². The third-order valence-electron chi connectivity index (χ3n) is 3.98. The number of thiophene rings is 1. The van der Waals surface area contributed by atoms with E-state index in [2.05, 4.69) is 42.6 Å². The number of aromatic nitrogens is 4. The van der Waals surface area contributed by atoms with Crippen molar-refractivity contribution >= 4 is 17.2 Å². The highest BCUT2D eigenvalue weighted by Crippen LogP contribution is 2.19. The first kappa shape index (κ1) is 15.1. The number of likely N-dealkylation sites (tertiary alicyclic amines) is 1. The molecular formula is C14H20N6OS. The summed E-state index contributed by atoms with van der Waals surface area (Å²) in [6.45, 7) is 4.17. The molecule has 0 bridgehead atoms. The fourth-order valence-electron chi connectivity index (χ4n) is 2.70. The van der Waals surface area contributed by atoms with Crippen LogP contribution in [0.3, 0.4) is 0 Å². The maximum absolute atomic E-state index is 11.8. The lowest BCUT2D eigenvalue weighted by Gasteiger charge is -2.31. The van der Waals surface area contributed by atoms with Crippen LogP contribution in [0.4, 0.5) is 0 Å². The second-order valence-electron chi connectivity index (χ2n) is 5.66. The Labute approximate surface area is 133 Å². The Morgan fingerprint density at radius 3 is 2.95 bits per heavy atom. The Morgan fingerprint density at radius 2 is 2.27 bits per heavy atom. The topological polar surface area (TPSA) is 75.9 Å². The largest absolute Gasteiger partial charge is 0.354 e. The van der Waals surface area contributed by atoms with Crippen LogP contribution in [0.2, 0.25) is 0 Å². The minimum absolute atomic E-state index is 0.0343. The highest BCUT2D eigenvalue weighted by molar-refractivity contribution is 7.07. The molecule has 3 heterocycles. The Kier molecular flexibility index (Phi) is 5.12. The number of tetrazole rings is 1. The van der Waals surface area contributed by atoms with Crippen LogP contribution < -0.4 is 5.32 Å². The molecule has 0 spiro atoms. The Morgan fingerprint density at radius 1 is 1.41 bits per heavy atom. The van der Waals surface area contributed by atoms with E-state index < -0.39 is 0 Å². The van der Waals surface area contributed by atoms with Gasteiger partial charge in [0, 0.05) is 13.1 Å². The maximum atomic E-state index is 11.8. The third-order valence-corrected chi connectivity index (χ3v) is 4.71. The number of nitrogens with zero attached hydrogens (tertiary/aromatic N) is 5. The van der Waals surface area contributed by atoms with Crippen molar-refractivity contribution in [1.29, 1.82) is 0 Å². The molecule has 22 heavy (non-hydrogen) atoms. The van der Waals surface area contributed by atoms with Crippen LogP contribution >= 0.6 is 11.3 Å². The van der Waals surface area contributed by atoms with E-state index in [1.807, 2.05) is 0 Å². The molecule has 1 fully saturated rings. The molecule has 1 aliphatic heterocycles. The quantitative estimate of drug-likeness (QED) is 0.850. The van der Waals surface area contributed by atoms with Gasteiger partial charge in [0.05, 0.1) is 0 Å². The lowest BCUT2D eigenvalue weighted by molar-refractivity contribution is -0.122. The molecule has 2 aromatic heterocycles. The minimum atomic E-state index is -0.0343. The number of hydrogen-bond acceptors (Lipinski definition) is 6. The first-order valence-corrected chi connectivity index (χ1v) is 8.45. The number of nitrogens with one attached hydrogen (secondary N) is 1. The number of amides is 1. The van der Waals surface area contributed by atoms with Gasteiger partial charge in [-0.25, -0.2) is 4.68 Å². The third kappa shape index (κ3) is 4.35. The summed E-state index contributed by atoms with van der Waals surface area (Å²) >= 11 is 1.75. The van der Waals surface area contributed by atoms with Gasteiger partial charge in [0.25, 0.3) is 0 Å². The number of piperidine rings is 1. The zero-order valence-corrected chi connectivity index (χ0v) is 13.2. The molecule has 1 saturated heterocycles. The number of carbonyl (C=O) groups is 1. The Bertz CT molecular complexity index is 562. The fourth-order valence-corrected chi connectivity index (χ4v) is 3.36. The van der Waals surface area contributed by atoms with Crippen molar-refractivity contribution in [3.8, 4) is 0 Å². The molecule has 0 unspecified atom stereocenters. The van der Waals surface area contributed by atoms with Crippen LogP contribution in [0.25, 0.3) is 0 Å². The molecule has 7 nitrogen and oxygen atoms in total. The van der Waals surface area contributed by atoms with Crippen molar-refractivity contribution in [1.82, 2.24) is 30.4 Å². The summed E-state index contributed by atoms with van der Waals surface area (Å²) in [4.78, 5) is 14.3. The van der Waals surface area contributed by atoms with Gasteiger partial charge < -0.3 is 5.32 Å². The van der Waals surface area contributed by atoms with Crippen molar-refractivity contribution in [3.63, 3.8) is 0 Å². The zero-order chi connectivity index (χ0) is 15.2. The standard InChI is InChI=1S/C14H20N6OS/c21-14(9-20-11-16-17-18-20)15-7-12-1-4-19(5-2-12)8-13-3-6-22-10-13/h3,6,10-12H,1-2,4-5,7-9H2,(H,15,21). The molecule has 1 N–H and O–H groups in total. The summed E-state index contributed by atoms with van der Waals surface area (Å²) in [6.07, 6.45) is 3.72. The van der Waals surface area contributed by atoms with E-state index in [4.69, 9.17) is 0 Å². The highest BCUT2D eigenvalue weighted by Gasteiger charge is 2.19. The monoisotopic (exact) mass is 320 g/mol. The number of hydrogen-bond donors (Lipinski definition) is 1. The van der Waals surface area contributed by atoms with E-state index in [-0.39, 0.29) is 12.5 Å². The van der Waals surface area contributed by atoms with Gasteiger partial charge in [0.1, 0.15) is 12.9 Å². The summed E-state index contributed by atoms with van der Waals surface area (Å²) in [5, 5.41) is 18.0. The second kappa shape index (κ2) is 7.46. The molecule has 0 aliphatic carbocycles. The van der Waals surface area contributed by atoms with E-state index in [9.17, 15) is 4.79 Å². The molecule has 118 valence electrons. The average molecular weight is 320 g/mol. The van der Waals surface area contributed by atoms with E-state index in [1.165, 1.54) is 16.6 Å². The summed E-state index contributed by atoms with van der Waals surface area (Å²) in [6, 6.07) is 2.19. The van der Waals surface area contributed by atoms with E-state index >= 15 is 0 Å². The Hall–Kier alpha value is -1.80. The van der Waals surface area contributed by atoms with Gasteiger partial charge in [0.2, 0.25) is 5.91 Å². The summed E-state index contributed by atoms with van der Waals surface area (Å²) in [5.74, 6) is 0.532. The van der Waals surface area contributed by atoms with Gasteiger partial charge in [-0.15, -0.1) is 5.10 Å². The molecule has 1 aliphatic rings. The smallest absolute Gasteiger partial charge is 0.241 e. The fraction of sp³-hybridized carbons (Fsp3) is 0.571. The molecule has 0 radical (unpaired) electrons. The first-order chi connectivity index (χ1) is 10.8. The SMILES string of the molecule is O=C(Cn1cnnn1)NCC1CCN(Cc2ccsc2)CC1. The van der Waals surface area contributed by atoms with Gasteiger partial charge >= 0.3 is 0 Å². The molecule has 0 aromatic carbocycles. The molecule has 3 rings (SSSR count). The van der Waals surface area contributed by atoms with Crippen molar-refractivity contribution in [2.75, 3.05) is 19.6 Å². The number of carbonyl (C=O) groups excluding carboxylic acids is 1. The van der Waals surface area contributed by atoms with Crippen LogP contribution in [0.15, 0.2) is 23.2 Å². The molecular weight excluding hydrogens is 300 g/mol. The molecule has 0 saturated carbocycles. The van der Waals surface area contributed by atoms with Crippen molar-refractivity contribution in [2.45, 2.75) is 25.9 Å². The lowest BCUT2D eigenvalue weighted by atomic mass is 9.96. The predicted octanol–water partition coefficient (Wildman–Crippen LogP) is 0.763. The number of rotatable bonds is 6. The van der Waals surface area contributed by atoms with E-state index in [0.717, 1.165) is 39.0 Å². The van der Waals surface area contributed by atoms with Crippen molar-refractivity contribution in [2.24, 2.45) is 5.92 Å². The van der Waals surface area contributed by atoms with Gasteiger partial charge in [-0.3, -0.25) is 9.69 Å². The molecule has 2 aromatic rings. The van der Waals surface area contributed by atoms with Crippen LogP contribution in [0.5, 0.6) is 0 Å². The molecule has 1 amide bonds. The minimum Gasteiger partial charge on any atom is -0.354 e. The molecule has 8 heteroatoms. The Balaban J connectivity index is 1.34. The normalized spacial score (nSPS) is 16.7.